The van der Waals surface area contributed by atoms with Crippen molar-refractivity contribution >= 4 is 5.95 Å². The number of anilines is 1. The third kappa shape index (κ3) is 3.45. The lowest BCUT2D eigenvalue weighted by Crippen LogP contribution is -2.40. The largest absolute Gasteiger partial charge is 0.496 e. The van der Waals surface area contributed by atoms with Crippen LogP contribution in [0.25, 0.3) is 0 Å². The number of hydrogen-bond acceptors (Lipinski definition) is 5. The van der Waals surface area contributed by atoms with E-state index in [0.717, 1.165) is 38.3 Å². The predicted molar refractivity (Wildman–Crippen MR) is 90.0 cm³/mol. The molecule has 0 saturated carbocycles. The van der Waals surface area contributed by atoms with Gasteiger partial charge in [-0.05, 0) is 31.9 Å². The number of methoxy groups -OCH3 is 1. The van der Waals surface area contributed by atoms with Crippen molar-refractivity contribution in [2.75, 3.05) is 32.2 Å². The summed E-state index contributed by atoms with van der Waals surface area (Å²) in [5.74, 6) is 1.60. The van der Waals surface area contributed by atoms with E-state index in [1.807, 2.05) is 6.07 Å². The molecule has 1 aromatic carbocycles. The van der Waals surface area contributed by atoms with Crippen molar-refractivity contribution < 1.29 is 9.47 Å². The highest BCUT2D eigenvalue weighted by Gasteiger charge is 2.37. The van der Waals surface area contributed by atoms with Crippen molar-refractivity contribution in [3.8, 4) is 5.75 Å². The summed E-state index contributed by atoms with van der Waals surface area (Å²) in [5, 5.41) is 3.39. The smallest absolute Gasteiger partial charge is 0.222 e. The molecule has 2 heterocycles. The van der Waals surface area contributed by atoms with E-state index in [-0.39, 0.29) is 5.41 Å². The summed E-state index contributed by atoms with van der Waals surface area (Å²) >= 11 is 0. The summed E-state index contributed by atoms with van der Waals surface area (Å²) in [6, 6.07) is 8.20. The van der Waals surface area contributed by atoms with Gasteiger partial charge >= 0.3 is 0 Å². The van der Waals surface area contributed by atoms with Crippen LogP contribution in [-0.2, 0) is 10.2 Å². The number of aromatic nitrogens is 2. The molecule has 0 radical (unpaired) electrons. The average Bonchev–Trinajstić information content (AvgIpc) is 2.62. The Morgan fingerprint density at radius 3 is 2.65 bits per heavy atom. The first-order chi connectivity index (χ1) is 11.2. The Morgan fingerprint density at radius 2 is 1.96 bits per heavy atom. The minimum Gasteiger partial charge on any atom is -0.496 e. The molecule has 3 rings (SSSR count). The molecule has 5 heteroatoms. The van der Waals surface area contributed by atoms with E-state index in [0.29, 0.717) is 5.95 Å². The monoisotopic (exact) mass is 313 g/mol. The maximum absolute atomic E-state index is 5.63. The molecule has 0 atom stereocenters. The predicted octanol–water partition coefficient (Wildman–Crippen LogP) is 2.95. The minimum atomic E-state index is -0.0329. The Bertz CT molecular complexity index is 640. The van der Waals surface area contributed by atoms with Crippen molar-refractivity contribution in [1.29, 1.82) is 0 Å². The molecule has 0 unspecified atom stereocenters. The molecule has 1 aliphatic heterocycles. The van der Waals surface area contributed by atoms with E-state index in [1.54, 1.807) is 19.5 Å². The first kappa shape index (κ1) is 15.7. The number of nitrogens with zero attached hydrogens (tertiary/aromatic N) is 2. The van der Waals surface area contributed by atoms with Gasteiger partial charge in [-0.2, -0.15) is 0 Å². The van der Waals surface area contributed by atoms with E-state index in [4.69, 9.17) is 9.47 Å². The van der Waals surface area contributed by atoms with Crippen LogP contribution in [0.1, 0.15) is 24.0 Å². The van der Waals surface area contributed by atoms with Crippen LogP contribution in [0.5, 0.6) is 5.75 Å². The third-order valence-corrected chi connectivity index (χ3v) is 4.53. The fourth-order valence-corrected chi connectivity index (χ4v) is 3.18. The van der Waals surface area contributed by atoms with E-state index < -0.39 is 0 Å². The quantitative estimate of drug-likeness (QED) is 0.920. The zero-order chi connectivity index (χ0) is 16.1. The molecule has 5 nitrogen and oxygen atoms in total. The van der Waals surface area contributed by atoms with Crippen molar-refractivity contribution in [2.45, 2.75) is 25.2 Å². The molecule has 1 aliphatic rings. The van der Waals surface area contributed by atoms with Crippen LogP contribution in [0.3, 0.4) is 0 Å². The molecule has 0 spiro atoms. The fourth-order valence-electron chi connectivity index (χ4n) is 3.18. The minimum absolute atomic E-state index is 0.0329. The van der Waals surface area contributed by atoms with Gasteiger partial charge in [-0.25, -0.2) is 9.97 Å². The van der Waals surface area contributed by atoms with Gasteiger partial charge < -0.3 is 14.8 Å². The summed E-state index contributed by atoms with van der Waals surface area (Å²) in [5.41, 5.74) is 2.45. The fraction of sp³-hybridized carbons (Fsp3) is 0.444. The molecule has 0 amide bonds. The van der Waals surface area contributed by atoms with Gasteiger partial charge in [0.05, 0.1) is 7.11 Å². The van der Waals surface area contributed by atoms with Gasteiger partial charge in [-0.3, -0.25) is 0 Å². The number of benzene rings is 1. The Morgan fingerprint density at radius 1 is 1.22 bits per heavy atom. The topological polar surface area (TPSA) is 56.3 Å². The van der Waals surface area contributed by atoms with Gasteiger partial charge in [0.25, 0.3) is 0 Å². The van der Waals surface area contributed by atoms with Gasteiger partial charge in [-0.15, -0.1) is 0 Å². The lowest BCUT2D eigenvalue weighted by Gasteiger charge is -2.38. The summed E-state index contributed by atoms with van der Waals surface area (Å²) < 4.78 is 11.2. The van der Waals surface area contributed by atoms with E-state index in [9.17, 15) is 0 Å². The molecule has 1 fully saturated rings. The van der Waals surface area contributed by atoms with Crippen LogP contribution < -0.4 is 10.1 Å². The molecule has 1 saturated heterocycles. The second kappa shape index (κ2) is 6.96. The lowest BCUT2D eigenvalue weighted by molar-refractivity contribution is 0.0535. The van der Waals surface area contributed by atoms with Crippen LogP contribution in [0, 0.1) is 6.92 Å². The molecule has 0 aliphatic carbocycles. The Kier molecular flexibility index (Phi) is 4.76. The Balaban J connectivity index is 1.92. The normalized spacial score (nSPS) is 16.8. The summed E-state index contributed by atoms with van der Waals surface area (Å²) in [6.45, 7) is 4.40. The zero-order valence-electron chi connectivity index (χ0n) is 13.7. The summed E-state index contributed by atoms with van der Waals surface area (Å²) in [6.07, 6.45) is 5.40. The first-order valence-electron chi connectivity index (χ1n) is 7.97. The maximum atomic E-state index is 5.63. The Labute approximate surface area is 137 Å². The maximum Gasteiger partial charge on any atom is 0.222 e. The van der Waals surface area contributed by atoms with Crippen LogP contribution in [-0.4, -0.2) is 36.8 Å². The molecule has 0 bridgehead atoms. The standard InChI is InChI=1S/C18H23N3O2/c1-14-4-5-16(22-2)15(12-14)18(6-10-23-11-7-18)13-21-17-19-8-3-9-20-17/h3-5,8-9,12H,6-7,10-11,13H2,1-2H3,(H,19,20,21). The number of ether oxygens (including phenoxy) is 2. The third-order valence-electron chi connectivity index (χ3n) is 4.53. The van der Waals surface area contributed by atoms with E-state index in [1.165, 1.54) is 11.1 Å². The SMILES string of the molecule is COc1ccc(C)cc1C1(CNc2ncccn2)CCOCC1. The molecule has 122 valence electrons. The highest BCUT2D eigenvalue weighted by molar-refractivity contribution is 5.44. The van der Waals surface area contributed by atoms with Gasteiger partial charge in [0, 0.05) is 43.1 Å². The highest BCUT2D eigenvalue weighted by atomic mass is 16.5. The Hall–Kier alpha value is -2.14. The molecule has 23 heavy (non-hydrogen) atoms. The van der Waals surface area contributed by atoms with Gasteiger partial charge in [0.15, 0.2) is 0 Å². The van der Waals surface area contributed by atoms with Crippen LogP contribution in [0.15, 0.2) is 36.7 Å². The molecule has 1 aromatic heterocycles. The van der Waals surface area contributed by atoms with Crippen molar-refractivity contribution in [2.24, 2.45) is 0 Å². The molecular weight excluding hydrogens is 290 g/mol. The number of nitrogens with one attached hydrogen (secondary N) is 1. The average molecular weight is 313 g/mol. The van der Waals surface area contributed by atoms with E-state index in [2.05, 4.69) is 40.4 Å². The molecule has 1 N–H and O–H groups in total. The molecule has 2 aromatic rings. The second-order valence-corrected chi connectivity index (χ2v) is 6.02. The number of aryl methyl sites for hydroxylation is 1. The van der Waals surface area contributed by atoms with Crippen LogP contribution in [0.2, 0.25) is 0 Å². The second-order valence-electron chi connectivity index (χ2n) is 6.02. The zero-order valence-corrected chi connectivity index (χ0v) is 13.7. The van der Waals surface area contributed by atoms with Crippen molar-refractivity contribution in [3.05, 3.63) is 47.8 Å². The number of hydrogen-bond donors (Lipinski definition) is 1. The van der Waals surface area contributed by atoms with Crippen molar-refractivity contribution in [1.82, 2.24) is 9.97 Å². The summed E-state index contributed by atoms with van der Waals surface area (Å²) in [4.78, 5) is 8.53. The number of rotatable bonds is 5. The van der Waals surface area contributed by atoms with Gasteiger partial charge in [0.2, 0.25) is 5.95 Å². The van der Waals surface area contributed by atoms with Crippen LogP contribution >= 0.6 is 0 Å². The molecular formula is C18H23N3O2. The first-order valence-corrected chi connectivity index (χ1v) is 7.97. The van der Waals surface area contributed by atoms with Crippen LogP contribution in [0.4, 0.5) is 5.95 Å². The van der Waals surface area contributed by atoms with Gasteiger partial charge in [-0.1, -0.05) is 17.7 Å². The summed E-state index contributed by atoms with van der Waals surface area (Å²) in [7, 11) is 1.73. The lowest BCUT2D eigenvalue weighted by atomic mass is 9.73. The van der Waals surface area contributed by atoms with Gasteiger partial charge in [0.1, 0.15) is 5.75 Å². The van der Waals surface area contributed by atoms with E-state index >= 15 is 0 Å². The highest BCUT2D eigenvalue weighted by Crippen LogP contribution is 2.40. The van der Waals surface area contributed by atoms with Crippen molar-refractivity contribution in [3.63, 3.8) is 0 Å².